The van der Waals surface area contributed by atoms with Gasteiger partial charge in [0.15, 0.2) is 6.10 Å². The van der Waals surface area contributed by atoms with Crippen LogP contribution in [0.2, 0.25) is 0 Å². The molecule has 0 radical (unpaired) electrons. The summed E-state index contributed by atoms with van der Waals surface area (Å²) < 4.78 is 17.3. The number of esters is 2. The first kappa shape index (κ1) is 57.1. The number of carbonyl (C=O) groups is 2. The van der Waals surface area contributed by atoms with Gasteiger partial charge in [-0.05, 0) is 83.5 Å². The zero-order chi connectivity index (χ0) is 43.5. The molecule has 0 N–H and O–H groups in total. The van der Waals surface area contributed by atoms with Crippen LogP contribution in [-0.4, -0.2) is 37.9 Å². The Morgan fingerprint density at radius 3 is 1.23 bits per heavy atom. The summed E-state index contributed by atoms with van der Waals surface area (Å²) in [4.78, 5) is 25.3. The molecule has 0 aromatic carbocycles. The maximum Gasteiger partial charge on any atom is 0.306 e. The smallest absolute Gasteiger partial charge is 0.306 e. The molecule has 344 valence electrons. The molecule has 0 heterocycles. The largest absolute Gasteiger partial charge is 0.462 e. The molecule has 0 saturated carbocycles. The van der Waals surface area contributed by atoms with Crippen molar-refractivity contribution in [1.82, 2.24) is 0 Å². The lowest BCUT2D eigenvalue weighted by Crippen LogP contribution is -2.30. The Balaban J connectivity index is 4.40. The zero-order valence-electron chi connectivity index (χ0n) is 39.5. The van der Waals surface area contributed by atoms with Crippen LogP contribution in [0.3, 0.4) is 0 Å². The summed E-state index contributed by atoms with van der Waals surface area (Å²) in [6.45, 7) is 7.47. The molecule has 0 saturated heterocycles. The molecule has 5 heteroatoms. The van der Waals surface area contributed by atoms with Gasteiger partial charge in [0.2, 0.25) is 0 Å². The molecule has 0 aliphatic rings. The lowest BCUT2D eigenvalue weighted by atomic mass is 10.0. The van der Waals surface area contributed by atoms with E-state index in [1.165, 1.54) is 103 Å². The second kappa shape index (κ2) is 50.4. The lowest BCUT2D eigenvalue weighted by molar-refractivity contribution is -0.162. The molecule has 0 aliphatic carbocycles. The summed E-state index contributed by atoms with van der Waals surface area (Å²) in [5.74, 6) is -0.453. The second-order valence-corrected chi connectivity index (χ2v) is 16.3. The predicted molar refractivity (Wildman–Crippen MR) is 260 cm³/mol. The molecule has 1 atom stereocenters. The summed E-state index contributed by atoms with van der Waals surface area (Å²) in [7, 11) is 0. The summed E-state index contributed by atoms with van der Waals surface area (Å²) >= 11 is 0. The standard InChI is InChI=1S/C55H94O5/c1-4-7-10-13-16-19-22-25-27-29-32-35-38-41-44-47-50-58-51-53(60-55(57)49-46-43-40-37-34-30-24-21-18-15-12-9-6-3)52-59-54(56)48-45-42-39-36-33-31-28-26-23-20-17-14-11-8-5-2/h7,10,16-17,19-20,25-28,32,35,41,44,53H,4-6,8-9,11-15,18,21-24,29-31,33-34,36-40,42-43,45-52H2,1-3H3/b10-7-,19-16-,20-17-,27-25-,28-26-,35-32-,44-41-. The Morgan fingerprint density at radius 1 is 0.383 bits per heavy atom. The third-order valence-corrected chi connectivity index (χ3v) is 10.4. The highest BCUT2D eigenvalue weighted by Gasteiger charge is 2.17. The van der Waals surface area contributed by atoms with Crippen molar-refractivity contribution in [3.05, 3.63) is 85.1 Å². The van der Waals surface area contributed by atoms with Crippen LogP contribution in [0.1, 0.15) is 226 Å². The van der Waals surface area contributed by atoms with Crippen LogP contribution in [0.4, 0.5) is 0 Å². The fourth-order valence-electron chi connectivity index (χ4n) is 6.72. The molecule has 0 spiro atoms. The topological polar surface area (TPSA) is 61.8 Å². The second-order valence-electron chi connectivity index (χ2n) is 16.3. The van der Waals surface area contributed by atoms with E-state index in [0.29, 0.717) is 19.4 Å². The fourth-order valence-corrected chi connectivity index (χ4v) is 6.72. The predicted octanol–water partition coefficient (Wildman–Crippen LogP) is 16.9. The Kier molecular flexibility index (Phi) is 48.0. The number of rotatable bonds is 45. The van der Waals surface area contributed by atoms with Crippen LogP contribution < -0.4 is 0 Å². The first-order valence-corrected chi connectivity index (χ1v) is 25.1. The van der Waals surface area contributed by atoms with Crippen molar-refractivity contribution in [2.75, 3.05) is 19.8 Å². The van der Waals surface area contributed by atoms with Gasteiger partial charge in [-0.25, -0.2) is 0 Å². The minimum absolute atomic E-state index is 0.0467. The molecule has 0 aliphatic heterocycles. The van der Waals surface area contributed by atoms with Crippen LogP contribution >= 0.6 is 0 Å². The van der Waals surface area contributed by atoms with E-state index in [1.54, 1.807) is 0 Å². The van der Waals surface area contributed by atoms with Crippen molar-refractivity contribution in [3.63, 3.8) is 0 Å². The van der Waals surface area contributed by atoms with Crippen LogP contribution in [0.25, 0.3) is 0 Å². The van der Waals surface area contributed by atoms with Crippen LogP contribution in [0.5, 0.6) is 0 Å². The molecule has 0 aromatic heterocycles. The Morgan fingerprint density at radius 2 is 0.750 bits per heavy atom. The van der Waals surface area contributed by atoms with Crippen LogP contribution in [0, 0.1) is 0 Å². The number of allylic oxidation sites excluding steroid dienone is 13. The molecule has 1 unspecified atom stereocenters. The minimum Gasteiger partial charge on any atom is -0.462 e. The lowest BCUT2D eigenvalue weighted by Gasteiger charge is -2.18. The monoisotopic (exact) mass is 835 g/mol. The molecule has 0 rings (SSSR count). The third-order valence-electron chi connectivity index (χ3n) is 10.4. The van der Waals surface area contributed by atoms with Gasteiger partial charge in [-0.15, -0.1) is 0 Å². The van der Waals surface area contributed by atoms with E-state index in [0.717, 1.165) is 89.9 Å². The van der Waals surface area contributed by atoms with Gasteiger partial charge in [-0.1, -0.05) is 215 Å². The van der Waals surface area contributed by atoms with E-state index in [4.69, 9.17) is 14.2 Å². The first-order chi connectivity index (χ1) is 29.6. The first-order valence-electron chi connectivity index (χ1n) is 25.1. The van der Waals surface area contributed by atoms with Gasteiger partial charge in [0.1, 0.15) is 6.61 Å². The van der Waals surface area contributed by atoms with Crippen molar-refractivity contribution < 1.29 is 23.8 Å². The molecular weight excluding hydrogens is 741 g/mol. The van der Waals surface area contributed by atoms with Gasteiger partial charge in [-0.3, -0.25) is 9.59 Å². The normalized spacial score (nSPS) is 12.9. The maximum absolute atomic E-state index is 12.8. The Bertz CT molecular complexity index is 1130. The quantitative estimate of drug-likeness (QED) is 0.0347. The van der Waals surface area contributed by atoms with E-state index in [1.807, 2.05) is 0 Å². The van der Waals surface area contributed by atoms with Crippen molar-refractivity contribution in [2.24, 2.45) is 0 Å². The summed E-state index contributed by atoms with van der Waals surface area (Å²) in [5.41, 5.74) is 0. The van der Waals surface area contributed by atoms with E-state index in [9.17, 15) is 9.59 Å². The van der Waals surface area contributed by atoms with E-state index in [2.05, 4.69) is 106 Å². The summed E-state index contributed by atoms with van der Waals surface area (Å²) in [5, 5.41) is 0. The molecule has 0 fully saturated rings. The van der Waals surface area contributed by atoms with Crippen LogP contribution in [0.15, 0.2) is 85.1 Å². The maximum atomic E-state index is 12.8. The Labute approximate surface area is 371 Å². The van der Waals surface area contributed by atoms with Crippen molar-refractivity contribution in [2.45, 2.75) is 232 Å². The number of hydrogen-bond donors (Lipinski definition) is 0. The SMILES string of the molecule is CC/C=C\C/C=C\C/C=C\C/C=C\C/C=C\CCOCC(COC(=O)CCCCCCC/C=C\C/C=C\CCCCC)OC(=O)CCCCCCCCCCCCCCC. The minimum atomic E-state index is -0.582. The number of carbonyl (C=O) groups excluding carboxylic acids is 2. The van der Waals surface area contributed by atoms with E-state index >= 15 is 0 Å². The van der Waals surface area contributed by atoms with E-state index < -0.39 is 6.10 Å². The molecule has 0 bridgehead atoms. The molecular formula is C55H94O5. The van der Waals surface area contributed by atoms with Gasteiger partial charge in [0.25, 0.3) is 0 Å². The fraction of sp³-hybridized carbons (Fsp3) is 0.709. The third kappa shape index (κ3) is 47.8. The van der Waals surface area contributed by atoms with Gasteiger partial charge < -0.3 is 14.2 Å². The van der Waals surface area contributed by atoms with E-state index in [-0.39, 0.29) is 25.2 Å². The number of unbranched alkanes of at least 4 members (excludes halogenated alkanes) is 20. The average Bonchev–Trinajstić information content (AvgIpc) is 3.25. The average molecular weight is 835 g/mol. The Hall–Kier alpha value is -2.92. The van der Waals surface area contributed by atoms with Gasteiger partial charge in [0, 0.05) is 12.8 Å². The summed E-state index contributed by atoms with van der Waals surface area (Å²) in [6.07, 6.45) is 66.0. The number of hydrogen-bond acceptors (Lipinski definition) is 5. The van der Waals surface area contributed by atoms with Gasteiger partial charge in [-0.2, -0.15) is 0 Å². The van der Waals surface area contributed by atoms with Gasteiger partial charge in [0.05, 0.1) is 13.2 Å². The molecule has 0 amide bonds. The van der Waals surface area contributed by atoms with Gasteiger partial charge >= 0.3 is 11.9 Å². The van der Waals surface area contributed by atoms with Crippen LogP contribution in [-0.2, 0) is 23.8 Å². The molecule has 0 aromatic rings. The van der Waals surface area contributed by atoms with Crippen molar-refractivity contribution >= 4 is 11.9 Å². The highest BCUT2D eigenvalue weighted by Crippen LogP contribution is 2.14. The number of ether oxygens (including phenoxy) is 3. The molecule has 5 nitrogen and oxygen atoms in total. The highest BCUT2D eigenvalue weighted by atomic mass is 16.6. The summed E-state index contributed by atoms with van der Waals surface area (Å²) in [6, 6.07) is 0. The van der Waals surface area contributed by atoms with Crippen molar-refractivity contribution in [1.29, 1.82) is 0 Å². The highest BCUT2D eigenvalue weighted by molar-refractivity contribution is 5.70. The van der Waals surface area contributed by atoms with Crippen molar-refractivity contribution in [3.8, 4) is 0 Å². The molecule has 60 heavy (non-hydrogen) atoms. The zero-order valence-corrected chi connectivity index (χ0v) is 39.5.